The largest absolute Gasteiger partial charge is 0.390 e. The lowest BCUT2D eigenvalue weighted by Crippen LogP contribution is -2.45. The average Bonchev–Trinajstić information content (AvgIpc) is 2.56. The molecule has 2 unspecified atom stereocenters. The summed E-state index contributed by atoms with van der Waals surface area (Å²) >= 11 is 0. The molecule has 1 N–H and O–H groups in total. The molecule has 5 nitrogen and oxygen atoms in total. The lowest BCUT2D eigenvalue weighted by atomic mass is 9.79. The van der Waals surface area contributed by atoms with Crippen LogP contribution in [0.25, 0.3) is 0 Å². The first kappa shape index (κ1) is 18.7. The van der Waals surface area contributed by atoms with Gasteiger partial charge in [-0.2, -0.15) is 0 Å². The number of carbonyl (C=O) groups excluding carboxylic acids is 1. The van der Waals surface area contributed by atoms with Gasteiger partial charge in [0.05, 0.1) is 19.3 Å². The molecule has 2 atom stereocenters. The molecule has 0 radical (unpaired) electrons. The van der Waals surface area contributed by atoms with Gasteiger partial charge in [0.15, 0.2) is 0 Å². The Morgan fingerprint density at radius 2 is 1.91 bits per heavy atom. The van der Waals surface area contributed by atoms with Crippen LogP contribution in [0.1, 0.15) is 45.4 Å². The first-order chi connectivity index (χ1) is 11.1. The molecule has 2 fully saturated rings. The van der Waals surface area contributed by atoms with Gasteiger partial charge in [-0.05, 0) is 11.8 Å². The molecular weight excluding hydrogens is 292 g/mol. The number of morpholine rings is 1. The molecule has 0 spiro atoms. The third-order valence-corrected chi connectivity index (χ3v) is 5.43. The van der Waals surface area contributed by atoms with Gasteiger partial charge in [-0.1, -0.05) is 39.0 Å². The highest BCUT2D eigenvalue weighted by Crippen LogP contribution is 2.31. The van der Waals surface area contributed by atoms with Crippen LogP contribution in [0.2, 0.25) is 0 Å². The normalized spacial score (nSPS) is 23.4. The van der Waals surface area contributed by atoms with Crippen LogP contribution in [-0.2, 0) is 9.53 Å². The van der Waals surface area contributed by atoms with Crippen molar-refractivity contribution in [1.29, 1.82) is 0 Å². The average molecular weight is 326 g/mol. The molecule has 2 rings (SSSR count). The molecule has 0 aromatic carbocycles. The monoisotopic (exact) mass is 326 g/mol. The lowest BCUT2D eigenvalue weighted by Gasteiger charge is -2.31. The van der Waals surface area contributed by atoms with E-state index in [9.17, 15) is 9.90 Å². The van der Waals surface area contributed by atoms with E-state index in [0.29, 0.717) is 31.3 Å². The molecule has 1 saturated carbocycles. The Labute approximate surface area is 141 Å². The zero-order valence-corrected chi connectivity index (χ0v) is 14.9. The Morgan fingerprint density at radius 1 is 1.26 bits per heavy atom. The quantitative estimate of drug-likeness (QED) is 0.774. The van der Waals surface area contributed by atoms with Gasteiger partial charge >= 0.3 is 0 Å². The van der Waals surface area contributed by atoms with Gasteiger partial charge in [0.2, 0.25) is 5.91 Å². The first-order valence-corrected chi connectivity index (χ1v) is 9.28. The molecule has 0 bridgehead atoms. The summed E-state index contributed by atoms with van der Waals surface area (Å²) in [7, 11) is 1.82. The number of hydrogen-bond acceptors (Lipinski definition) is 4. The third-order valence-electron chi connectivity index (χ3n) is 5.43. The van der Waals surface area contributed by atoms with Gasteiger partial charge < -0.3 is 14.7 Å². The summed E-state index contributed by atoms with van der Waals surface area (Å²) in [4.78, 5) is 16.3. The van der Waals surface area contributed by atoms with Gasteiger partial charge in [-0.15, -0.1) is 0 Å². The highest BCUT2D eigenvalue weighted by Gasteiger charge is 2.24. The number of hydrogen-bond donors (Lipinski definition) is 1. The number of carbonyl (C=O) groups is 1. The second-order valence-corrected chi connectivity index (χ2v) is 7.42. The third kappa shape index (κ3) is 6.40. The summed E-state index contributed by atoms with van der Waals surface area (Å²) < 4.78 is 5.31. The summed E-state index contributed by atoms with van der Waals surface area (Å²) in [5, 5.41) is 10.2. The van der Waals surface area contributed by atoms with Gasteiger partial charge in [0, 0.05) is 39.6 Å². The van der Waals surface area contributed by atoms with Crippen molar-refractivity contribution in [3.63, 3.8) is 0 Å². The number of rotatable bonds is 7. The van der Waals surface area contributed by atoms with Crippen molar-refractivity contribution >= 4 is 5.91 Å². The van der Waals surface area contributed by atoms with Crippen molar-refractivity contribution in [2.45, 2.75) is 51.6 Å². The summed E-state index contributed by atoms with van der Waals surface area (Å²) in [5.41, 5.74) is 0. The fourth-order valence-electron chi connectivity index (χ4n) is 3.86. The molecule has 0 aromatic heterocycles. The Bertz CT molecular complexity index is 352. The van der Waals surface area contributed by atoms with Crippen molar-refractivity contribution in [3.05, 3.63) is 0 Å². The number of aliphatic hydroxyl groups excluding tert-OH is 1. The Kier molecular flexibility index (Phi) is 7.80. The minimum atomic E-state index is -0.480. The molecule has 134 valence electrons. The maximum Gasteiger partial charge on any atom is 0.222 e. The molecule has 1 aliphatic carbocycles. The predicted molar refractivity (Wildman–Crippen MR) is 91.3 cm³/mol. The molecular formula is C18H34N2O3. The van der Waals surface area contributed by atoms with Crippen molar-refractivity contribution in [2.75, 3.05) is 46.4 Å². The number of ether oxygens (including phenoxy) is 1. The van der Waals surface area contributed by atoms with Gasteiger partial charge in [-0.3, -0.25) is 9.69 Å². The van der Waals surface area contributed by atoms with E-state index in [-0.39, 0.29) is 5.91 Å². The first-order valence-electron chi connectivity index (χ1n) is 9.28. The van der Waals surface area contributed by atoms with Crippen molar-refractivity contribution in [2.24, 2.45) is 11.8 Å². The number of nitrogens with zero attached hydrogens (tertiary/aromatic N) is 2. The summed E-state index contributed by atoms with van der Waals surface area (Å²) in [6.07, 6.45) is 6.67. The smallest absolute Gasteiger partial charge is 0.222 e. The number of aliphatic hydroxyl groups is 1. The maximum absolute atomic E-state index is 12.4. The van der Waals surface area contributed by atoms with Gasteiger partial charge in [-0.25, -0.2) is 0 Å². The molecule has 1 heterocycles. The van der Waals surface area contributed by atoms with Crippen LogP contribution in [-0.4, -0.2) is 73.4 Å². The SMILES string of the molecule is CC(CC(=O)N(C)CC(O)CN1CCOCC1)C1CCCCC1. The Balaban J connectivity index is 1.68. The van der Waals surface area contributed by atoms with Crippen LogP contribution in [0.4, 0.5) is 0 Å². The lowest BCUT2D eigenvalue weighted by molar-refractivity contribution is -0.132. The minimum absolute atomic E-state index is 0.170. The van der Waals surface area contributed by atoms with E-state index < -0.39 is 6.10 Å². The Hall–Kier alpha value is -0.650. The maximum atomic E-state index is 12.4. The molecule has 1 amide bonds. The molecule has 1 saturated heterocycles. The van der Waals surface area contributed by atoms with Crippen LogP contribution in [0.15, 0.2) is 0 Å². The summed E-state index contributed by atoms with van der Waals surface area (Å²) in [6, 6.07) is 0. The standard InChI is InChI=1S/C18H34N2O3/c1-15(16-6-4-3-5-7-16)12-18(22)19(2)13-17(21)14-20-8-10-23-11-9-20/h15-17,21H,3-14H2,1-2H3. The van der Waals surface area contributed by atoms with Crippen molar-refractivity contribution in [3.8, 4) is 0 Å². The second-order valence-electron chi connectivity index (χ2n) is 7.42. The molecule has 0 aromatic rings. The predicted octanol–water partition coefficient (Wildman–Crippen LogP) is 1.74. The van der Waals surface area contributed by atoms with E-state index in [1.54, 1.807) is 4.90 Å². The highest BCUT2D eigenvalue weighted by atomic mass is 16.5. The molecule has 23 heavy (non-hydrogen) atoms. The van der Waals surface area contributed by atoms with Crippen LogP contribution >= 0.6 is 0 Å². The minimum Gasteiger partial charge on any atom is -0.390 e. The fraction of sp³-hybridized carbons (Fsp3) is 0.944. The summed E-state index contributed by atoms with van der Waals surface area (Å²) in [6.45, 7) is 6.47. The van der Waals surface area contributed by atoms with Crippen LogP contribution in [0.3, 0.4) is 0 Å². The van der Waals surface area contributed by atoms with Crippen molar-refractivity contribution < 1.29 is 14.6 Å². The van der Waals surface area contributed by atoms with Crippen LogP contribution in [0, 0.1) is 11.8 Å². The second kappa shape index (κ2) is 9.60. The van der Waals surface area contributed by atoms with E-state index in [2.05, 4.69) is 11.8 Å². The van der Waals surface area contributed by atoms with Gasteiger partial charge in [0.25, 0.3) is 0 Å². The van der Waals surface area contributed by atoms with E-state index in [1.165, 1.54) is 32.1 Å². The van der Waals surface area contributed by atoms with E-state index in [0.717, 1.165) is 26.3 Å². The molecule has 1 aliphatic heterocycles. The number of likely N-dealkylation sites (N-methyl/N-ethyl adjacent to an activating group) is 1. The zero-order chi connectivity index (χ0) is 16.7. The Morgan fingerprint density at radius 3 is 2.57 bits per heavy atom. The molecule has 2 aliphatic rings. The number of amides is 1. The van der Waals surface area contributed by atoms with Gasteiger partial charge in [0.1, 0.15) is 0 Å². The topological polar surface area (TPSA) is 53.0 Å². The fourth-order valence-corrected chi connectivity index (χ4v) is 3.86. The van der Waals surface area contributed by atoms with Crippen LogP contribution in [0.5, 0.6) is 0 Å². The van der Waals surface area contributed by atoms with E-state index >= 15 is 0 Å². The zero-order valence-electron chi connectivity index (χ0n) is 14.9. The van der Waals surface area contributed by atoms with E-state index in [4.69, 9.17) is 4.74 Å². The summed E-state index contributed by atoms with van der Waals surface area (Å²) in [5.74, 6) is 1.34. The molecule has 5 heteroatoms. The number of β-amino-alcohol motifs (C(OH)–C–C–N with tert-alkyl or cyclic N) is 1. The van der Waals surface area contributed by atoms with Crippen LogP contribution < -0.4 is 0 Å². The van der Waals surface area contributed by atoms with E-state index in [1.807, 2.05) is 7.05 Å². The van der Waals surface area contributed by atoms with Crippen molar-refractivity contribution in [1.82, 2.24) is 9.80 Å². The highest BCUT2D eigenvalue weighted by molar-refractivity contribution is 5.76.